The molecule has 0 bridgehead atoms. The van der Waals surface area contributed by atoms with Gasteiger partial charge in [-0.25, -0.2) is 0 Å². The minimum atomic E-state index is 0.0694. The van der Waals surface area contributed by atoms with Crippen molar-refractivity contribution in [3.63, 3.8) is 0 Å². The van der Waals surface area contributed by atoms with Gasteiger partial charge in [0.2, 0.25) is 0 Å². The molecule has 2 heterocycles. The molecular weight excluding hydrogens is 425 g/mol. The van der Waals surface area contributed by atoms with Crippen molar-refractivity contribution in [3.8, 4) is 0 Å². The molecule has 0 amide bonds. The highest BCUT2D eigenvalue weighted by molar-refractivity contribution is 6.33. The Morgan fingerprint density at radius 3 is 2.61 bits per heavy atom. The Kier molecular flexibility index (Phi) is 7.28. The van der Waals surface area contributed by atoms with E-state index in [0.29, 0.717) is 6.04 Å². The first-order valence-electron chi connectivity index (χ1n) is 11.3. The lowest BCUT2D eigenvalue weighted by atomic mass is 9.96. The standard InChI is InChI=1S/C26H33Cl2N3/c1-18-6-8-23(25(28)15-18)19(2)29-26-16-21(7-9-24(26)27)20-10-13-31(14-11-20)22-5-4-12-30(3)17-22/h6-10,15-16,19,22,29H,4-5,11-14,17H2,1-3H3/t19?,22-/m0/s1. The molecule has 5 heteroatoms. The second kappa shape index (κ2) is 9.95. The number of nitrogens with zero attached hydrogens (tertiary/aromatic N) is 2. The first kappa shape index (κ1) is 22.7. The van der Waals surface area contributed by atoms with Gasteiger partial charge >= 0.3 is 0 Å². The Hall–Kier alpha value is -1.52. The van der Waals surface area contributed by atoms with Crippen LogP contribution in [-0.2, 0) is 0 Å². The molecule has 2 aliphatic rings. The van der Waals surface area contributed by atoms with Crippen LogP contribution in [-0.4, -0.2) is 49.1 Å². The van der Waals surface area contributed by atoms with Crippen molar-refractivity contribution in [1.29, 1.82) is 0 Å². The maximum atomic E-state index is 6.54. The van der Waals surface area contributed by atoms with E-state index in [1.807, 2.05) is 12.1 Å². The number of halogens is 2. The smallest absolute Gasteiger partial charge is 0.0638 e. The maximum absolute atomic E-state index is 6.54. The third-order valence-electron chi connectivity index (χ3n) is 6.69. The van der Waals surface area contributed by atoms with Gasteiger partial charge in [-0.2, -0.15) is 0 Å². The van der Waals surface area contributed by atoms with Gasteiger partial charge in [-0.3, -0.25) is 4.90 Å². The number of hydrogen-bond acceptors (Lipinski definition) is 3. The van der Waals surface area contributed by atoms with Gasteiger partial charge in [0, 0.05) is 30.7 Å². The van der Waals surface area contributed by atoms with Crippen LogP contribution >= 0.6 is 23.2 Å². The van der Waals surface area contributed by atoms with Gasteiger partial charge in [-0.05, 0) is 87.2 Å². The molecule has 2 aromatic rings. The number of nitrogens with one attached hydrogen (secondary N) is 1. The zero-order chi connectivity index (χ0) is 22.0. The molecule has 31 heavy (non-hydrogen) atoms. The first-order chi connectivity index (χ1) is 14.9. The zero-order valence-electron chi connectivity index (χ0n) is 18.8. The lowest BCUT2D eigenvalue weighted by Crippen LogP contribution is -2.47. The summed E-state index contributed by atoms with van der Waals surface area (Å²) >= 11 is 13.0. The van der Waals surface area contributed by atoms with Crippen LogP contribution in [0.2, 0.25) is 10.0 Å². The number of benzene rings is 2. The largest absolute Gasteiger partial charge is 0.377 e. The van der Waals surface area contributed by atoms with Crippen LogP contribution < -0.4 is 5.32 Å². The third kappa shape index (κ3) is 5.46. The summed E-state index contributed by atoms with van der Waals surface area (Å²) in [5, 5.41) is 5.10. The third-order valence-corrected chi connectivity index (χ3v) is 7.35. The molecule has 1 unspecified atom stereocenters. The van der Waals surface area contributed by atoms with Crippen LogP contribution in [0.15, 0.2) is 42.5 Å². The van der Waals surface area contributed by atoms with Crippen LogP contribution in [0.4, 0.5) is 5.69 Å². The van der Waals surface area contributed by atoms with E-state index in [1.165, 1.54) is 42.6 Å². The molecule has 1 N–H and O–H groups in total. The van der Waals surface area contributed by atoms with Crippen LogP contribution in [0.1, 0.15) is 48.9 Å². The van der Waals surface area contributed by atoms with E-state index in [1.54, 1.807) is 0 Å². The van der Waals surface area contributed by atoms with Crippen LogP contribution in [0, 0.1) is 6.92 Å². The van der Waals surface area contributed by atoms with Gasteiger partial charge in [0.25, 0.3) is 0 Å². The number of anilines is 1. The van der Waals surface area contributed by atoms with Crippen LogP contribution in [0.25, 0.3) is 5.57 Å². The minimum absolute atomic E-state index is 0.0694. The zero-order valence-corrected chi connectivity index (χ0v) is 20.3. The number of piperidine rings is 1. The van der Waals surface area contributed by atoms with E-state index in [2.05, 4.69) is 66.4 Å². The van der Waals surface area contributed by atoms with E-state index >= 15 is 0 Å². The second-order valence-electron chi connectivity index (χ2n) is 9.12. The van der Waals surface area contributed by atoms with E-state index in [0.717, 1.165) is 40.8 Å². The van der Waals surface area contributed by atoms with Gasteiger partial charge in [-0.15, -0.1) is 0 Å². The lowest BCUT2D eigenvalue weighted by molar-refractivity contribution is 0.121. The fourth-order valence-corrected chi connectivity index (χ4v) is 5.42. The summed E-state index contributed by atoms with van der Waals surface area (Å²) in [7, 11) is 2.24. The van der Waals surface area contributed by atoms with Crippen molar-refractivity contribution < 1.29 is 0 Å². The molecule has 0 saturated carbocycles. The summed E-state index contributed by atoms with van der Waals surface area (Å²) in [6, 6.07) is 13.3. The fourth-order valence-electron chi connectivity index (χ4n) is 4.85. The number of hydrogen-bond donors (Lipinski definition) is 1. The Labute approximate surface area is 197 Å². The normalized spacial score (nSPS) is 21.6. The summed E-state index contributed by atoms with van der Waals surface area (Å²) in [5.41, 5.74) is 5.88. The second-order valence-corrected chi connectivity index (χ2v) is 9.93. The number of likely N-dealkylation sites (N-methyl/N-ethyl adjacent to an activating group) is 1. The molecule has 0 radical (unpaired) electrons. The topological polar surface area (TPSA) is 18.5 Å². The first-order valence-corrected chi connectivity index (χ1v) is 12.1. The summed E-state index contributed by atoms with van der Waals surface area (Å²) in [4.78, 5) is 5.11. The van der Waals surface area contributed by atoms with E-state index < -0.39 is 0 Å². The molecule has 0 spiro atoms. The highest BCUT2D eigenvalue weighted by atomic mass is 35.5. The Morgan fingerprint density at radius 1 is 1.06 bits per heavy atom. The fraction of sp³-hybridized carbons (Fsp3) is 0.462. The molecule has 2 aromatic carbocycles. The summed E-state index contributed by atoms with van der Waals surface area (Å²) in [5.74, 6) is 0. The minimum Gasteiger partial charge on any atom is -0.377 e. The van der Waals surface area contributed by atoms with Crippen molar-refractivity contribution in [2.75, 3.05) is 38.5 Å². The van der Waals surface area contributed by atoms with E-state index in [-0.39, 0.29) is 6.04 Å². The average molecular weight is 458 g/mol. The highest BCUT2D eigenvalue weighted by Crippen LogP contribution is 2.33. The molecule has 3 nitrogen and oxygen atoms in total. The molecule has 1 saturated heterocycles. The quantitative estimate of drug-likeness (QED) is 0.541. The SMILES string of the molecule is Cc1ccc(C(C)Nc2cc(C3=CCN([C@H]4CCCN(C)C4)CC3)ccc2Cl)c(Cl)c1. The number of likely N-dealkylation sites (tertiary alicyclic amines) is 1. The summed E-state index contributed by atoms with van der Waals surface area (Å²) in [6.45, 7) is 8.77. The average Bonchev–Trinajstić information content (AvgIpc) is 2.75. The molecule has 2 aliphatic heterocycles. The van der Waals surface area contributed by atoms with Crippen molar-refractivity contribution in [2.24, 2.45) is 0 Å². The molecule has 0 aliphatic carbocycles. The molecule has 2 atom stereocenters. The van der Waals surface area contributed by atoms with Crippen molar-refractivity contribution >= 4 is 34.5 Å². The molecule has 0 aromatic heterocycles. The van der Waals surface area contributed by atoms with Crippen LogP contribution in [0.5, 0.6) is 0 Å². The highest BCUT2D eigenvalue weighted by Gasteiger charge is 2.25. The summed E-state index contributed by atoms with van der Waals surface area (Å²) in [6.07, 6.45) is 6.12. The Bertz CT molecular complexity index is 956. The molecule has 166 valence electrons. The van der Waals surface area contributed by atoms with Gasteiger partial charge in [0.15, 0.2) is 0 Å². The lowest BCUT2D eigenvalue weighted by Gasteiger charge is -2.39. The Balaban J connectivity index is 1.46. The van der Waals surface area contributed by atoms with E-state index in [4.69, 9.17) is 23.2 Å². The number of rotatable bonds is 5. The van der Waals surface area contributed by atoms with Crippen molar-refractivity contribution in [1.82, 2.24) is 9.80 Å². The van der Waals surface area contributed by atoms with Crippen molar-refractivity contribution in [3.05, 3.63) is 69.2 Å². The van der Waals surface area contributed by atoms with Crippen molar-refractivity contribution in [2.45, 2.75) is 45.2 Å². The molecular formula is C26H33Cl2N3. The van der Waals surface area contributed by atoms with Gasteiger partial charge in [-0.1, -0.05) is 47.5 Å². The summed E-state index contributed by atoms with van der Waals surface area (Å²) < 4.78 is 0. The molecule has 1 fully saturated rings. The van der Waals surface area contributed by atoms with Gasteiger partial charge in [0.1, 0.15) is 0 Å². The van der Waals surface area contributed by atoms with Crippen LogP contribution in [0.3, 0.4) is 0 Å². The predicted molar refractivity (Wildman–Crippen MR) is 134 cm³/mol. The van der Waals surface area contributed by atoms with E-state index in [9.17, 15) is 0 Å². The Morgan fingerprint density at radius 2 is 1.90 bits per heavy atom. The monoisotopic (exact) mass is 457 g/mol. The molecule has 4 rings (SSSR count). The predicted octanol–water partition coefficient (Wildman–Crippen LogP) is 6.66. The van der Waals surface area contributed by atoms with Gasteiger partial charge < -0.3 is 10.2 Å². The van der Waals surface area contributed by atoms with Gasteiger partial charge in [0.05, 0.1) is 16.8 Å². The number of aryl methyl sites for hydroxylation is 1. The maximum Gasteiger partial charge on any atom is 0.0638 e.